The quantitative estimate of drug-likeness (QED) is 0.358. The number of anilines is 2. The fourth-order valence-electron chi connectivity index (χ4n) is 3.84. The number of fused-ring (bicyclic) bond motifs is 1. The third kappa shape index (κ3) is 4.08. The van der Waals surface area contributed by atoms with E-state index in [0.717, 1.165) is 25.3 Å². The van der Waals surface area contributed by atoms with E-state index in [0.29, 0.717) is 11.4 Å². The molecule has 0 saturated heterocycles. The Kier molecular flexibility index (Phi) is 5.65. The smallest absolute Gasteiger partial charge is 0.286 e. The summed E-state index contributed by atoms with van der Waals surface area (Å²) in [6, 6.07) is 7.37. The van der Waals surface area contributed by atoms with Crippen LogP contribution in [0.25, 0.3) is 10.6 Å². The van der Waals surface area contributed by atoms with Crippen molar-refractivity contribution in [2.24, 2.45) is 10.3 Å². The van der Waals surface area contributed by atoms with Gasteiger partial charge in [0.05, 0.1) is 10.6 Å². The predicted octanol–water partition coefficient (Wildman–Crippen LogP) is 1.98. The summed E-state index contributed by atoms with van der Waals surface area (Å²) in [5.74, 6) is -0.514. The van der Waals surface area contributed by atoms with Crippen LogP contribution in [0.5, 0.6) is 5.75 Å². The number of hydrogen-bond acceptors (Lipinski definition) is 9. The molecule has 0 amide bonds. The van der Waals surface area contributed by atoms with Crippen LogP contribution in [0.15, 0.2) is 49.8 Å². The number of thiophene rings is 1. The summed E-state index contributed by atoms with van der Waals surface area (Å²) in [5.41, 5.74) is -0.646. The summed E-state index contributed by atoms with van der Waals surface area (Å²) >= 11 is 1.32. The van der Waals surface area contributed by atoms with Gasteiger partial charge in [-0.1, -0.05) is 12.5 Å². The van der Waals surface area contributed by atoms with E-state index in [1.54, 1.807) is 17.5 Å². The minimum Gasteiger partial charge on any atom is -0.505 e. The molecule has 2 aromatic heterocycles. The Morgan fingerprint density at radius 2 is 2.06 bits per heavy atom. The van der Waals surface area contributed by atoms with Gasteiger partial charge in [0.2, 0.25) is 10.9 Å². The number of aromatic nitrogens is 2. The molecular formula is C20H19N5O6S3. The van der Waals surface area contributed by atoms with Crippen LogP contribution in [0.2, 0.25) is 0 Å². The van der Waals surface area contributed by atoms with E-state index in [9.17, 15) is 26.7 Å². The topological polar surface area (TPSA) is 160 Å². The average Bonchev–Trinajstić information content (AvgIpc) is 3.26. The molecule has 14 heteroatoms. The molecule has 34 heavy (non-hydrogen) atoms. The molecular weight excluding hydrogens is 502 g/mol. The molecule has 3 heterocycles. The van der Waals surface area contributed by atoms with Crippen molar-refractivity contribution in [1.82, 2.24) is 9.78 Å². The van der Waals surface area contributed by atoms with E-state index >= 15 is 0 Å². The minimum atomic E-state index is -4.32. The molecule has 0 bridgehead atoms. The lowest BCUT2D eigenvalue weighted by molar-refractivity contribution is 0.261. The zero-order chi connectivity index (χ0) is 24.0. The molecule has 1 aliphatic heterocycles. The zero-order valence-electron chi connectivity index (χ0n) is 17.5. The summed E-state index contributed by atoms with van der Waals surface area (Å²) in [4.78, 5) is 13.7. The first kappa shape index (κ1) is 22.6. The first-order valence-corrected chi connectivity index (χ1v) is 13.8. The number of rotatable bonds is 6. The standard InChI is InChI=1S/C20H19N5O6S3/c26-18-16(19-21-13-7-6-12(23-33(28)29)9-15(13)34(30,31)24-19)20(27)25(10-11-3-1-4-11)22-17(18)14-5-2-8-32-14/h2,5-9,11,26,33H,1,3-4,10H2,(H,21,24)(H,23,28,29). The Morgan fingerprint density at radius 3 is 2.71 bits per heavy atom. The molecule has 1 aromatic carbocycles. The van der Waals surface area contributed by atoms with Crippen molar-refractivity contribution in [2.45, 2.75) is 30.7 Å². The summed E-state index contributed by atoms with van der Waals surface area (Å²) in [5, 5.41) is 20.0. The van der Waals surface area contributed by atoms with E-state index in [1.165, 1.54) is 28.2 Å². The third-order valence-corrected chi connectivity index (χ3v) is 8.36. The second kappa shape index (κ2) is 8.52. The summed E-state index contributed by atoms with van der Waals surface area (Å²) in [7, 11) is -7.30. The third-order valence-electron chi connectivity index (χ3n) is 5.72. The first-order valence-electron chi connectivity index (χ1n) is 10.3. The second-order valence-electron chi connectivity index (χ2n) is 7.95. The Hall–Kier alpha value is -3.23. The molecule has 0 atom stereocenters. The molecule has 3 N–H and O–H groups in total. The van der Waals surface area contributed by atoms with Crippen LogP contribution in [-0.2, 0) is 27.5 Å². The molecule has 3 aromatic rings. The van der Waals surface area contributed by atoms with Gasteiger partial charge >= 0.3 is 0 Å². The van der Waals surface area contributed by atoms with Crippen LogP contribution < -0.4 is 15.6 Å². The number of amidine groups is 1. The van der Waals surface area contributed by atoms with Crippen molar-refractivity contribution in [3.8, 4) is 16.3 Å². The van der Waals surface area contributed by atoms with Crippen LogP contribution in [0.3, 0.4) is 0 Å². The lowest BCUT2D eigenvalue weighted by Gasteiger charge is -2.26. The maximum Gasteiger partial charge on any atom is 0.286 e. The van der Waals surface area contributed by atoms with Gasteiger partial charge in [-0.05, 0) is 48.4 Å². The van der Waals surface area contributed by atoms with Gasteiger partial charge in [0.1, 0.15) is 16.2 Å². The van der Waals surface area contributed by atoms with Crippen molar-refractivity contribution >= 4 is 49.5 Å². The maximum absolute atomic E-state index is 13.3. The average molecular weight is 522 g/mol. The first-order chi connectivity index (χ1) is 16.2. The number of nitrogens with one attached hydrogen (secondary N) is 2. The number of aromatic hydroxyl groups is 1. The van der Waals surface area contributed by atoms with Crippen molar-refractivity contribution in [1.29, 1.82) is 0 Å². The highest BCUT2D eigenvalue weighted by Gasteiger charge is 2.31. The zero-order valence-corrected chi connectivity index (χ0v) is 20.0. The van der Waals surface area contributed by atoms with Gasteiger partial charge in [-0.15, -0.1) is 15.7 Å². The molecule has 178 valence electrons. The second-order valence-corrected chi connectivity index (χ2v) is 11.2. The molecule has 1 aliphatic carbocycles. The molecule has 0 unspecified atom stereocenters. The van der Waals surface area contributed by atoms with Crippen molar-refractivity contribution in [2.75, 3.05) is 10.0 Å². The van der Waals surface area contributed by atoms with E-state index in [2.05, 4.69) is 19.5 Å². The Labute approximate surface area is 199 Å². The number of thiol groups is 1. The fourth-order valence-corrected chi connectivity index (χ4v) is 6.05. The highest BCUT2D eigenvalue weighted by atomic mass is 32.2. The van der Waals surface area contributed by atoms with Gasteiger partial charge in [0.25, 0.3) is 15.6 Å². The summed E-state index contributed by atoms with van der Waals surface area (Å²) < 4.78 is 54.9. The van der Waals surface area contributed by atoms with E-state index in [4.69, 9.17) is 0 Å². The molecule has 1 saturated carbocycles. The molecule has 1 fully saturated rings. The fraction of sp³-hybridized carbons (Fsp3) is 0.250. The normalized spacial score (nSPS) is 16.9. The SMILES string of the molecule is O=c1c(C2=NS(=O)(=O)c3cc(N[SH](=O)=O)ccc3N2)c(O)c(-c2cccs2)nn1CC1CCC1. The van der Waals surface area contributed by atoms with Crippen LogP contribution in [0, 0.1) is 5.92 Å². The Morgan fingerprint density at radius 1 is 1.26 bits per heavy atom. The van der Waals surface area contributed by atoms with Crippen LogP contribution in [0.4, 0.5) is 11.4 Å². The van der Waals surface area contributed by atoms with Gasteiger partial charge < -0.3 is 10.4 Å². The largest absolute Gasteiger partial charge is 0.505 e. The van der Waals surface area contributed by atoms with Gasteiger partial charge in [-0.3, -0.25) is 9.52 Å². The van der Waals surface area contributed by atoms with Crippen molar-refractivity contribution < 1.29 is 21.9 Å². The molecule has 0 spiro atoms. The van der Waals surface area contributed by atoms with Crippen LogP contribution in [-0.4, -0.2) is 37.6 Å². The lowest BCUT2D eigenvalue weighted by Crippen LogP contribution is -2.36. The van der Waals surface area contributed by atoms with Crippen LogP contribution in [0.1, 0.15) is 24.8 Å². The van der Waals surface area contributed by atoms with Gasteiger partial charge in [0.15, 0.2) is 11.6 Å². The predicted molar refractivity (Wildman–Crippen MR) is 129 cm³/mol. The van der Waals surface area contributed by atoms with Crippen molar-refractivity contribution in [3.63, 3.8) is 0 Å². The molecule has 0 radical (unpaired) electrons. The number of sulfonamides is 1. The number of benzene rings is 1. The van der Waals surface area contributed by atoms with E-state index < -0.39 is 32.2 Å². The van der Waals surface area contributed by atoms with E-state index in [1.807, 2.05) is 0 Å². The summed E-state index contributed by atoms with van der Waals surface area (Å²) in [6.45, 7) is 0.351. The van der Waals surface area contributed by atoms with Gasteiger partial charge in [0, 0.05) is 12.2 Å². The number of nitrogens with zero attached hydrogens (tertiary/aromatic N) is 3. The molecule has 11 nitrogen and oxygen atoms in total. The monoisotopic (exact) mass is 521 g/mol. The number of hydrogen-bond donors (Lipinski definition) is 4. The Bertz CT molecular complexity index is 1550. The van der Waals surface area contributed by atoms with E-state index in [-0.39, 0.29) is 39.3 Å². The Balaban J connectivity index is 1.65. The summed E-state index contributed by atoms with van der Waals surface area (Å²) in [6.07, 6.45) is 3.00. The van der Waals surface area contributed by atoms with Gasteiger partial charge in [-0.25, -0.2) is 13.1 Å². The van der Waals surface area contributed by atoms with Gasteiger partial charge in [-0.2, -0.15) is 13.5 Å². The molecule has 2 aliphatic rings. The maximum atomic E-state index is 13.3. The highest BCUT2D eigenvalue weighted by Crippen LogP contribution is 2.36. The molecule has 5 rings (SSSR count). The van der Waals surface area contributed by atoms with Crippen molar-refractivity contribution in [3.05, 3.63) is 51.6 Å². The highest BCUT2D eigenvalue weighted by molar-refractivity contribution is 7.90. The lowest BCUT2D eigenvalue weighted by atomic mass is 9.85. The minimum absolute atomic E-state index is 0.0495. The van der Waals surface area contributed by atoms with Crippen LogP contribution >= 0.6 is 11.3 Å².